The summed E-state index contributed by atoms with van der Waals surface area (Å²) in [6.07, 6.45) is 4.48. The van der Waals surface area contributed by atoms with Crippen LogP contribution in [0.3, 0.4) is 0 Å². The van der Waals surface area contributed by atoms with Crippen LogP contribution in [-0.2, 0) is 0 Å². The van der Waals surface area contributed by atoms with Crippen molar-refractivity contribution >= 4 is 17.6 Å². The van der Waals surface area contributed by atoms with E-state index in [0.29, 0.717) is 0 Å². The quantitative estimate of drug-likeness (QED) is 0.865. The third-order valence-corrected chi connectivity index (χ3v) is 4.83. The van der Waals surface area contributed by atoms with Crippen LogP contribution >= 0.6 is 0 Å². The Morgan fingerprint density at radius 3 is 2.55 bits per heavy atom. The van der Waals surface area contributed by atoms with Gasteiger partial charge in [0.2, 0.25) is 0 Å². The minimum absolute atomic E-state index is 0.163. The molecule has 0 aromatic carbocycles. The first kappa shape index (κ1) is 16.3. The summed E-state index contributed by atoms with van der Waals surface area (Å²) in [6.45, 7) is 8.31. The van der Waals surface area contributed by atoms with Crippen molar-refractivity contribution in [3.63, 3.8) is 0 Å². The molecule has 0 radical (unpaired) electrons. The second-order valence-electron chi connectivity index (χ2n) is 6.95. The van der Waals surface area contributed by atoms with E-state index in [9.17, 15) is 9.90 Å². The molecule has 0 bridgehead atoms. The predicted molar refractivity (Wildman–Crippen MR) is 88.7 cm³/mol. The van der Waals surface area contributed by atoms with Crippen molar-refractivity contribution < 1.29 is 9.90 Å². The molecule has 1 aromatic heterocycles. The minimum atomic E-state index is -0.916. The highest BCUT2D eigenvalue weighted by molar-refractivity contribution is 5.82. The van der Waals surface area contributed by atoms with Crippen LogP contribution in [0.25, 0.3) is 5.70 Å². The van der Waals surface area contributed by atoms with Gasteiger partial charge in [-0.3, -0.25) is 4.90 Å². The first-order valence-electron chi connectivity index (χ1n) is 7.58. The number of amides is 1. The smallest absolute Gasteiger partial charge is 0.412 e. The number of carbonyl (C=O) groups is 1. The Labute approximate surface area is 132 Å². The molecule has 1 aliphatic rings. The zero-order valence-electron chi connectivity index (χ0n) is 14.0. The van der Waals surface area contributed by atoms with Crippen LogP contribution in [0.1, 0.15) is 46.1 Å². The fraction of sp³-hybridized carbons (Fsp3) is 0.529. The SMILES string of the molecule is CNc1ccc(C2=CCCC(C)(C(C)(C)C)N2C(=O)O)cn1. The lowest BCUT2D eigenvalue weighted by atomic mass is 9.69. The molecule has 5 nitrogen and oxygen atoms in total. The number of aromatic nitrogens is 1. The van der Waals surface area contributed by atoms with Crippen molar-refractivity contribution in [1.29, 1.82) is 0 Å². The Balaban J connectivity index is 2.49. The molecule has 22 heavy (non-hydrogen) atoms. The number of allylic oxidation sites excluding steroid dienone is 1. The predicted octanol–water partition coefficient (Wildman–Crippen LogP) is 4.04. The lowest BCUT2D eigenvalue weighted by Crippen LogP contribution is -2.57. The fourth-order valence-corrected chi connectivity index (χ4v) is 2.92. The molecule has 2 heterocycles. The molecule has 1 aromatic rings. The highest BCUT2D eigenvalue weighted by Crippen LogP contribution is 2.46. The van der Waals surface area contributed by atoms with E-state index in [4.69, 9.17) is 0 Å². The lowest BCUT2D eigenvalue weighted by Gasteiger charge is -2.51. The van der Waals surface area contributed by atoms with Gasteiger partial charge < -0.3 is 10.4 Å². The molecule has 0 aliphatic carbocycles. The number of carboxylic acid groups (broad SMARTS) is 1. The van der Waals surface area contributed by atoms with Gasteiger partial charge in [0.15, 0.2) is 0 Å². The van der Waals surface area contributed by atoms with Crippen molar-refractivity contribution in [1.82, 2.24) is 9.88 Å². The van der Waals surface area contributed by atoms with Gasteiger partial charge in [0.1, 0.15) is 5.82 Å². The molecule has 2 N–H and O–H groups in total. The maximum absolute atomic E-state index is 12.0. The zero-order chi connectivity index (χ0) is 16.5. The number of hydrogen-bond acceptors (Lipinski definition) is 3. The summed E-state index contributed by atoms with van der Waals surface area (Å²) in [6, 6.07) is 3.77. The standard InChI is InChI=1S/C17H25N3O2/c1-16(2,3)17(4)10-6-7-13(20(17)15(21)22)12-8-9-14(18-5)19-11-12/h7-9,11H,6,10H2,1-5H3,(H,18,19)(H,21,22). The second-order valence-corrected chi connectivity index (χ2v) is 6.95. The van der Waals surface area contributed by atoms with E-state index in [1.165, 1.54) is 4.90 Å². The molecule has 1 unspecified atom stereocenters. The average Bonchev–Trinajstić information content (AvgIpc) is 2.45. The Hall–Kier alpha value is -2.04. The molecule has 0 saturated carbocycles. The van der Waals surface area contributed by atoms with Crippen molar-refractivity contribution in [2.75, 3.05) is 12.4 Å². The summed E-state index contributed by atoms with van der Waals surface area (Å²) in [5, 5.41) is 12.8. The second kappa shape index (κ2) is 5.63. The van der Waals surface area contributed by atoms with E-state index in [2.05, 4.69) is 31.1 Å². The maximum atomic E-state index is 12.0. The Morgan fingerprint density at radius 2 is 2.09 bits per heavy atom. The highest BCUT2D eigenvalue weighted by Gasteiger charge is 2.48. The summed E-state index contributed by atoms with van der Waals surface area (Å²) in [5.74, 6) is 0.764. The summed E-state index contributed by atoms with van der Waals surface area (Å²) >= 11 is 0. The van der Waals surface area contributed by atoms with E-state index in [1.54, 1.807) is 6.20 Å². The highest BCUT2D eigenvalue weighted by atomic mass is 16.4. The average molecular weight is 303 g/mol. The van der Waals surface area contributed by atoms with Crippen LogP contribution in [-0.4, -0.2) is 33.7 Å². The van der Waals surface area contributed by atoms with Crippen molar-refractivity contribution in [2.24, 2.45) is 5.41 Å². The van der Waals surface area contributed by atoms with Crippen LogP contribution in [0.4, 0.5) is 10.6 Å². The topological polar surface area (TPSA) is 65.5 Å². The molecule has 0 saturated heterocycles. The molecular formula is C17H25N3O2. The number of rotatable bonds is 2. The first-order valence-corrected chi connectivity index (χ1v) is 7.58. The van der Waals surface area contributed by atoms with Gasteiger partial charge in [-0.1, -0.05) is 26.8 Å². The maximum Gasteiger partial charge on any atom is 0.412 e. The normalized spacial score (nSPS) is 22.2. The van der Waals surface area contributed by atoms with Crippen molar-refractivity contribution in [3.8, 4) is 0 Å². The Morgan fingerprint density at radius 1 is 1.41 bits per heavy atom. The number of pyridine rings is 1. The van der Waals surface area contributed by atoms with Gasteiger partial charge in [-0.05, 0) is 37.3 Å². The first-order chi connectivity index (χ1) is 10.2. The molecule has 1 amide bonds. The molecule has 1 atom stereocenters. The van der Waals surface area contributed by atoms with Gasteiger partial charge in [0, 0.05) is 18.8 Å². The Kier molecular flexibility index (Phi) is 4.18. The van der Waals surface area contributed by atoms with E-state index < -0.39 is 11.6 Å². The zero-order valence-corrected chi connectivity index (χ0v) is 14.0. The summed E-state index contributed by atoms with van der Waals surface area (Å²) in [7, 11) is 1.81. The van der Waals surface area contributed by atoms with Gasteiger partial charge in [-0.15, -0.1) is 0 Å². The number of nitrogens with zero attached hydrogens (tertiary/aromatic N) is 2. The van der Waals surface area contributed by atoms with Gasteiger partial charge in [0.25, 0.3) is 0 Å². The van der Waals surface area contributed by atoms with Crippen molar-refractivity contribution in [2.45, 2.75) is 46.1 Å². The van der Waals surface area contributed by atoms with Crippen LogP contribution in [0, 0.1) is 5.41 Å². The van der Waals surface area contributed by atoms with Gasteiger partial charge in [0.05, 0.1) is 11.2 Å². The van der Waals surface area contributed by atoms with Crippen LogP contribution in [0.15, 0.2) is 24.4 Å². The van der Waals surface area contributed by atoms with Crippen LogP contribution in [0.2, 0.25) is 0 Å². The molecule has 5 heteroatoms. The molecule has 2 rings (SSSR count). The summed E-state index contributed by atoms with van der Waals surface area (Å²) < 4.78 is 0. The minimum Gasteiger partial charge on any atom is -0.465 e. The third kappa shape index (κ3) is 2.67. The molecular weight excluding hydrogens is 278 g/mol. The number of anilines is 1. The Bertz CT molecular complexity index is 587. The molecule has 0 fully saturated rings. The molecule has 0 spiro atoms. The van der Waals surface area contributed by atoms with Gasteiger partial charge in [-0.25, -0.2) is 9.78 Å². The molecule has 120 valence electrons. The summed E-state index contributed by atoms with van der Waals surface area (Å²) in [5.41, 5.74) is 0.941. The van der Waals surface area contributed by atoms with E-state index in [-0.39, 0.29) is 5.41 Å². The monoisotopic (exact) mass is 303 g/mol. The summed E-state index contributed by atoms with van der Waals surface area (Å²) in [4.78, 5) is 17.8. The third-order valence-electron chi connectivity index (χ3n) is 4.83. The molecule has 1 aliphatic heterocycles. The van der Waals surface area contributed by atoms with Gasteiger partial charge >= 0.3 is 6.09 Å². The lowest BCUT2D eigenvalue weighted by molar-refractivity contribution is 0.0403. The largest absolute Gasteiger partial charge is 0.465 e. The van der Waals surface area contributed by atoms with E-state index in [0.717, 1.165) is 29.9 Å². The van der Waals surface area contributed by atoms with E-state index in [1.807, 2.05) is 32.2 Å². The number of hydrogen-bond donors (Lipinski definition) is 2. The van der Waals surface area contributed by atoms with E-state index >= 15 is 0 Å². The number of nitrogens with one attached hydrogen (secondary N) is 1. The van der Waals surface area contributed by atoms with Crippen LogP contribution in [0.5, 0.6) is 0 Å². The van der Waals surface area contributed by atoms with Crippen LogP contribution < -0.4 is 5.32 Å². The fourth-order valence-electron chi connectivity index (χ4n) is 2.92. The van der Waals surface area contributed by atoms with Gasteiger partial charge in [-0.2, -0.15) is 0 Å². The van der Waals surface area contributed by atoms with Crippen molar-refractivity contribution in [3.05, 3.63) is 30.0 Å².